The van der Waals surface area contributed by atoms with Gasteiger partial charge in [0.1, 0.15) is 13.7 Å². The van der Waals surface area contributed by atoms with Gasteiger partial charge in [0.2, 0.25) is 0 Å². The van der Waals surface area contributed by atoms with Crippen LogP contribution in [0, 0.1) is 11.5 Å². The molecule has 0 aliphatic heterocycles. The number of H-pyrrole nitrogens is 1. The second-order valence-electron chi connectivity index (χ2n) is 4.60. The normalized spacial score (nSPS) is 11.1. The minimum atomic E-state index is -1.30. The summed E-state index contributed by atoms with van der Waals surface area (Å²) in [5.41, 5.74) is 5.33. The SMILES string of the molecule is C[Si](C)(C)C#Cc1c[nH]c2ncccc12. The summed E-state index contributed by atoms with van der Waals surface area (Å²) in [6.45, 7) is 6.73. The average molecular weight is 214 g/mol. The molecule has 2 rings (SSSR count). The first-order valence-electron chi connectivity index (χ1n) is 5.01. The fraction of sp³-hybridized carbons (Fsp3) is 0.250. The molecule has 0 saturated heterocycles. The Kier molecular flexibility index (Phi) is 2.37. The summed E-state index contributed by atoms with van der Waals surface area (Å²) in [6, 6.07) is 3.99. The molecule has 0 amide bonds. The number of pyridine rings is 1. The van der Waals surface area contributed by atoms with E-state index in [4.69, 9.17) is 0 Å². The summed E-state index contributed by atoms with van der Waals surface area (Å²) in [6.07, 6.45) is 3.72. The van der Waals surface area contributed by atoms with Crippen LogP contribution in [0.4, 0.5) is 0 Å². The summed E-state index contributed by atoms with van der Waals surface area (Å²) < 4.78 is 0. The molecule has 15 heavy (non-hydrogen) atoms. The van der Waals surface area contributed by atoms with Gasteiger partial charge in [0, 0.05) is 17.8 Å². The Morgan fingerprint density at radius 2 is 2.13 bits per heavy atom. The van der Waals surface area contributed by atoms with Gasteiger partial charge in [-0.25, -0.2) is 4.98 Å². The van der Waals surface area contributed by atoms with Crippen molar-refractivity contribution in [1.82, 2.24) is 9.97 Å². The highest BCUT2D eigenvalue weighted by molar-refractivity contribution is 6.83. The number of aromatic amines is 1. The lowest BCUT2D eigenvalue weighted by Gasteiger charge is -2.02. The number of hydrogen-bond acceptors (Lipinski definition) is 1. The molecule has 3 heteroatoms. The smallest absolute Gasteiger partial charge is 0.138 e. The van der Waals surface area contributed by atoms with E-state index in [0.29, 0.717) is 0 Å². The molecule has 2 heterocycles. The molecular weight excluding hydrogens is 200 g/mol. The summed E-state index contributed by atoms with van der Waals surface area (Å²) >= 11 is 0. The molecule has 0 saturated carbocycles. The molecule has 0 atom stereocenters. The molecule has 76 valence electrons. The van der Waals surface area contributed by atoms with Crippen molar-refractivity contribution in [3.63, 3.8) is 0 Å². The number of rotatable bonds is 0. The molecule has 1 N–H and O–H groups in total. The van der Waals surface area contributed by atoms with Crippen LogP contribution >= 0.6 is 0 Å². The number of nitrogens with one attached hydrogen (secondary N) is 1. The van der Waals surface area contributed by atoms with Crippen LogP contribution in [0.3, 0.4) is 0 Å². The van der Waals surface area contributed by atoms with Crippen LogP contribution in [0.15, 0.2) is 24.5 Å². The Bertz CT molecular complexity index is 538. The highest BCUT2D eigenvalue weighted by Crippen LogP contribution is 2.14. The maximum absolute atomic E-state index is 4.23. The highest BCUT2D eigenvalue weighted by atomic mass is 28.3. The lowest BCUT2D eigenvalue weighted by Crippen LogP contribution is -2.16. The van der Waals surface area contributed by atoms with E-state index in [9.17, 15) is 0 Å². The number of nitrogens with zero attached hydrogens (tertiary/aromatic N) is 1. The average Bonchev–Trinajstić information content (AvgIpc) is 2.57. The van der Waals surface area contributed by atoms with Gasteiger partial charge in [-0.05, 0) is 12.1 Å². The Hall–Kier alpha value is -1.53. The zero-order valence-corrected chi connectivity index (χ0v) is 10.3. The van der Waals surface area contributed by atoms with Crippen LogP contribution < -0.4 is 0 Å². The molecule has 0 aliphatic rings. The van der Waals surface area contributed by atoms with Crippen molar-refractivity contribution in [2.75, 3.05) is 0 Å². The van der Waals surface area contributed by atoms with Crippen molar-refractivity contribution in [1.29, 1.82) is 0 Å². The van der Waals surface area contributed by atoms with Crippen molar-refractivity contribution >= 4 is 19.1 Å². The lowest BCUT2D eigenvalue weighted by molar-refractivity contribution is 1.33. The number of hydrogen-bond donors (Lipinski definition) is 1. The summed E-state index contributed by atoms with van der Waals surface area (Å²) in [4.78, 5) is 7.36. The molecule has 2 aromatic rings. The van der Waals surface area contributed by atoms with Crippen molar-refractivity contribution in [3.8, 4) is 11.5 Å². The minimum Gasteiger partial charge on any atom is -0.345 e. The molecule has 0 unspecified atom stereocenters. The molecule has 0 fully saturated rings. The van der Waals surface area contributed by atoms with Crippen molar-refractivity contribution < 1.29 is 0 Å². The molecule has 0 aliphatic carbocycles. The van der Waals surface area contributed by atoms with Gasteiger partial charge in [-0.1, -0.05) is 25.6 Å². The van der Waals surface area contributed by atoms with Crippen LogP contribution in [0.25, 0.3) is 11.0 Å². The van der Waals surface area contributed by atoms with E-state index in [1.165, 1.54) is 0 Å². The molecule has 0 bridgehead atoms. The Labute approximate surface area is 90.7 Å². The van der Waals surface area contributed by atoms with Gasteiger partial charge in [-0.2, -0.15) is 0 Å². The van der Waals surface area contributed by atoms with Crippen LogP contribution in [-0.2, 0) is 0 Å². The largest absolute Gasteiger partial charge is 0.345 e. The molecule has 0 radical (unpaired) electrons. The monoisotopic (exact) mass is 214 g/mol. The Morgan fingerprint density at radius 3 is 2.87 bits per heavy atom. The van der Waals surface area contributed by atoms with E-state index in [-0.39, 0.29) is 0 Å². The fourth-order valence-electron chi connectivity index (χ4n) is 1.31. The highest BCUT2D eigenvalue weighted by Gasteiger charge is 2.08. The minimum absolute atomic E-state index is 0.914. The van der Waals surface area contributed by atoms with E-state index >= 15 is 0 Å². The third-order valence-electron chi connectivity index (χ3n) is 2.02. The Morgan fingerprint density at radius 1 is 1.33 bits per heavy atom. The first-order valence-corrected chi connectivity index (χ1v) is 8.51. The van der Waals surface area contributed by atoms with Crippen molar-refractivity contribution in [2.24, 2.45) is 0 Å². The fourth-order valence-corrected chi connectivity index (χ4v) is 1.82. The van der Waals surface area contributed by atoms with E-state index in [0.717, 1.165) is 16.6 Å². The molecular formula is C12H14N2Si. The first kappa shape index (κ1) is 10.0. The van der Waals surface area contributed by atoms with Crippen LogP contribution in [0.1, 0.15) is 5.56 Å². The number of fused-ring (bicyclic) bond motifs is 1. The van der Waals surface area contributed by atoms with Gasteiger partial charge in [-0.15, -0.1) is 5.54 Å². The Balaban J connectivity index is 2.48. The van der Waals surface area contributed by atoms with Gasteiger partial charge in [0.15, 0.2) is 0 Å². The van der Waals surface area contributed by atoms with E-state index in [1.54, 1.807) is 6.20 Å². The topological polar surface area (TPSA) is 28.7 Å². The molecule has 2 nitrogen and oxygen atoms in total. The van der Waals surface area contributed by atoms with Crippen LogP contribution in [0.2, 0.25) is 19.6 Å². The lowest BCUT2D eigenvalue weighted by atomic mass is 10.2. The van der Waals surface area contributed by atoms with Crippen molar-refractivity contribution in [2.45, 2.75) is 19.6 Å². The van der Waals surface area contributed by atoms with Crippen molar-refractivity contribution in [3.05, 3.63) is 30.1 Å². The predicted octanol–water partition coefficient (Wildman–Crippen LogP) is 2.79. The molecule has 2 aromatic heterocycles. The summed E-state index contributed by atoms with van der Waals surface area (Å²) in [5.74, 6) is 3.25. The van der Waals surface area contributed by atoms with Gasteiger partial charge in [0.25, 0.3) is 0 Å². The van der Waals surface area contributed by atoms with E-state index in [2.05, 4.69) is 41.1 Å². The summed E-state index contributed by atoms with van der Waals surface area (Å²) in [7, 11) is -1.30. The van der Waals surface area contributed by atoms with Gasteiger partial charge >= 0.3 is 0 Å². The third kappa shape index (κ3) is 2.28. The second-order valence-corrected chi connectivity index (χ2v) is 9.35. The van der Waals surface area contributed by atoms with Gasteiger partial charge < -0.3 is 4.98 Å². The zero-order valence-electron chi connectivity index (χ0n) is 9.26. The summed E-state index contributed by atoms with van der Waals surface area (Å²) in [5, 5.41) is 1.11. The maximum atomic E-state index is 4.23. The standard InChI is InChI=1S/C12H14N2Si/c1-15(2,3)8-6-10-9-14-12-11(10)5-4-7-13-12/h4-5,7,9H,1-3H3,(H,13,14). The van der Waals surface area contributed by atoms with Crippen LogP contribution in [0.5, 0.6) is 0 Å². The zero-order chi connectivity index (χ0) is 10.9. The van der Waals surface area contributed by atoms with Gasteiger partial charge in [-0.3, -0.25) is 0 Å². The number of aromatic nitrogens is 2. The first-order chi connectivity index (χ1) is 7.06. The molecule has 0 spiro atoms. The van der Waals surface area contributed by atoms with Crippen LogP contribution in [-0.4, -0.2) is 18.0 Å². The third-order valence-corrected chi connectivity index (χ3v) is 2.90. The quantitative estimate of drug-likeness (QED) is 0.530. The predicted molar refractivity (Wildman–Crippen MR) is 66.3 cm³/mol. The van der Waals surface area contributed by atoms with E-state index in [1.807, 2.05) is 18.3 Å². The molecule has 0 aromatic carbocycles. The van der Waals surface area contributed by atoms with E-state index < -0.39 is 8.07 Å². The maximum Gasteiger partial charge on any atom is 0.138 e. The second kappa shape index (κ2) is 3.56. The van der Waals surface area contributed by atoms with Gasteiger partial charge in [0.05, 0.1) is 5.56 Å².